The zero-order valence-electron chi connectivity index (χ0n) is 9.82. The second-order valence-corrected chi connectivity index (χ2v) is 4.37. The normalized spacial score (nSPS) is 27.1. The highest BCUT2D eigenvalue weighted by Crippen LogP contribution is 2.19. The molecule has 16 heavy (non-hydrogen) atoms. The van der Waals surface area contributed by atoms with Crippen molar-refractivity contribution in [2.24, 2.45) is 5.92 Å². The van der Waals surface area contributed by atoms with Crippen LogP contribution in [0.3, 0.4) is 0 Å². The molecule has 1 rings (SSSR count). The van der Waals surface area contributed by atoms with Crippen LogP contribution in [0.25, 0.3) is 0 Å². The molecular formula is C11H20N2O3. The van der Waals surface area contributed by atoms with Crippen molar-refractivity contribution in [1.29, 1.82) is 0 Å². The third-order valence-electron chi connectivity index (χ3n) is 3.14. The second kappa shape index (κ2) is 5.84. The summed E-state index contributed by atoms with van der Waals surface area (Å²) in [4.78, 5) is 22.3. The van der Waals surface area contributed by atoms with Gasteiger partial charge in [0.25, 0.3) is 0 Å². The summed E-state index contributed by atoms with van der Waals surface area (Å²) in [7, 11) is 0. The van der Waals surface area contributed by atoms with Crippen molar-refractivity contribution >= 4 is 11.9 Å². The Morgan fingerprint density at radius 2 is 2.25 bits per heavy atom. The number of piperidine rings is 1. The van der Waals surface area contributed by atoms with E-state index in [4.69, 9.17) is 5.11 Å². The van der Waals surface area contributed by atoms with E-state index in [2.05, 4.69) is 17.6 Å². The molecule has 1 saturated heterocycles. The van der Waals surface area contributed by atoms with E-state index in [0.717, 1.165) is 25.8 Å². The minimum absolute atomic E-state index is 0.201. The quantitative estimate of drug-likeness (QED) is 0.649. The van der Waals surface area contributed by atoms with Crippen molar-refractivity contribution in [2.45, 2.75) is 45.2 Å². The molecule has 0 aromatic rings. The van der Waals surface area contributed by atoms with Gasteiger partial charge in [-0.3, -0.25) is 9.59 Å². The Bertz CT molecular complexity index is 268. The van der Waals surface area contributed by atoms with Crippen LogP contribution in [0.15, 0.2) is 0 Å². The van der Waals surface area contributed by atoms with Crippen molar-refractivity contribution in [3.8, 4) is 0 Å². The Labute approximate surface area is 95.6 Å². The van der Waals surface area contributed by atoms with Crippen LogP contribution in [-0.4, -0.2) is 35.6 Å². The molecule has 0 bridgehead atoms. The van der Waals surface area contributed by atoms with Crippen LogP contribution in [0.5, 0.6) is 0 Å². The van der Waals surface area contributed by atoms with Gasteiger partial charge in [-0.15, -0.1) is 0 Å². The molecule has 5 heteroatoms. The molecule has 0 aromatic heterocycles. The summed E-state index contributed by atoms with van der Waals surface area (Å²) in [6.45, 7) is 4.42. The molecule has 0 aromatic carbocycles. The maximum atomic E-state index is 11.7. The highest BCUT2D eigenvalue weighted by atomic mass is 16.4. The van der Waals surface area contributed by atoms with Crippen molar-refractivity contribution < 1.29 is 14.7 Å². The molecule has 3 unspecified atom stereocenters. The highest BCUT2D eigenvalue weighted by molar-refractivity contribution is 5.86. The van der Waals surface area contributed by atoms with Crippen molar-refractivity contribution in [3.05, 3.63) is 0 Å². The number of carbonyl (C=O) groups is 2. The number of hydrogen-bond acceptors (Lipinski definition) is 3. The maximum absolute atomic E-state index is 11.7. The zero-order chi connectivity index (χ0) is 12.1. The van der Waals surface area contributed by atoms with Crippen molar-refractivity contribution in [3.63, 3.8) is 0 Å². The molecule has 3 N–H and O–H groups in total. The largest absolute Gasteiger partial charge is 0.480 e. The first-order chi connectivity index (χ1) is 7.54. The van der Waals surface area contributed by atoms with E-state index in [9.17, 15) is 9.59 Å². The van der Waals surface area contributed by atoms with Crippen LogP contribution in [0, 0.1) is 5.92 Å². The van der Waals surface area contributed by atoms with E-state index < -0.39 is 12.0 Å². The first-order valence-electron chi connectivity index (χ1n) is 5.81. The van der Waals surface area contributed by atoms with Crippen LogP contribution in [0.1, 0.15) is 33.1 Å². The average Bonchev–Trinajstić information content (AvgIpc) is 2.28. The standard InChI is InChI=1S/C11H20N2O3/c1-3-8-4-5-12-9(6-8)10(14)13-7(2)11(15)16/h7-9,12H,3-6H2,1-2H3,(H,13,14)(H,15,16). The van der Waals surface area contributed by atoms with Gasteiger partial charge < -0.3 is 15.7 Å². The molecule has 1 amide bonds. The van der Waals surface area contributed by atoms with Crippen molar-refractivity contribution in [2.75, 3.05) is 6.54 Å². The Hall–Kier alpha value is -1.10. The maximum Gasteiger partial charge on any atom is 0.325 e. The summed E-state index contributed by atoms with van der Waals surface area (Å²) < 4.78 is 0. The van der Waals surface area contributed by atoms with E-state index in [1.165, 1.54) is 6.92 Å². The van der Waals surface area contributed by atoms with Crippen LogP contribution in [-0.2, 0) is 9.59 Å². The summed E-state index contributed by atoms with van der Waals surface area (Å²) >= 11 is 0. The lowest BCUT2D eigenvalue weighted by molar-refractivity contribution is -0.141. The van der Waals surface area contributed by atoms with Gasteiger partial charge in [-0.1, -0.05) is 13.3 Å². The third kappa shape index (κ3) is 3.48. The first kappa shape index (κ1) is 13.0. The minimum Gasteiger partial charge on any atom is -0.480 e. The third-order valence-corrected chi connectivity index (χ3v) is 3.14. The van der Waals surface area contributed by atoms with Gasteiger partial charge in [-0.25, -0.2) is 0 Å². The molecule has 5 nitrogen and oxygen atoms in total. The number of carboxylic acid groups (broad SMARTS) is 1. The van der Waals surface area contributed by atoms with E-state index in [1.807, 2.05) is 0 Å². The lowest BCUT2D eigenvalue weighted by Crippen LogP contribution is -2.52. The number of hydrogen-bond donors (Lipinski definition) is 3. The van der Waals surface area contributed by atoms with Crippen LogP contribution >= 0.6 is 0 Å². The molecule has 0 radical (unpaired) electrons. The molecule has 1 fully saturated rings. The van der Waals surface area contributed by atoms with E-state index in [1.54, 1.807) is 0 Å². The summed E-state index contributed by atoms with van der Waals surface area (Å²) in [6, 6.07) is -1.06. The molecule has 0 aliphatic carbocycles. The second-order valence-electron chi connectivity index (χ2n) is 4.37. The number of aliphatic carboxylic acids is 1. The topological polar surface area (TPSA) is 78.4 Å². The number of rotatable bonds is 4. The summed E-state index contributed by atoms with van der Waals surface area (Å²) in [5.74, 6) is -0.638. The highest BCUT2D eigenvalue weighted by Gasteiger charge is 2.27. The van der Waals surface area contributed by atoms with Gasteiger partial charge in [0.1, 0.15) is 6.04 Å². The Kier molecular flexibility index (Phi) is 4.73. The number of amides is 1. The van der Waals surface area contributed by atoms with Crippen LogP contribution in [0.4, 0.5) is 0 Å². The van der Waals surface area contributed by atoms with Gasteiger partial charge in [-0.05, 0) is 32.2 Å². The molecule has 3 atom stereocenters. The van der Waals surface area contributed by atoms with Gasteiger partial charge in [0.2, 0.25) is 5.91 Å². The summed E-state index contributed by atoms with van der Waals surface area (Å²) in [6.07, 6.45) is 2.96. The predicted octanol–water partition coefficient (Wildman–Crippen LogP) is 0.354. The van der Waals surface area contributed by atoms with Crippen LogP contribution < -0.4 is 10.6 Å². The van der Waals surface area contributed by atoms with E-state index in [-0.39, 0.29) is 11.9 Å². The van der Waals surface area contributed by atoms with Crippen LogP contribution in [0.2, 0.25) is 0 Å². The molecule has 1 heterocycles. The molecular weight excluding hydrogens is 208 g/mol. The van der Waals surface area contributed by atoms with Gasteiger partial charge in [0.15, 0.2) is 0 Å². The van der Waals surface area contributed by atoms with E-state index in [0.29, 0.717) is 5.92 Å². The SMILES string of the molecule is CCC1CCNC(C(=O)NC(C)C(=O)O)C1. The minimum atomic E-state index is -1.00. The van der Waals surface area contributed by atoms with Gasteiger partial charge >= 0.3 is 5.97 Å². The van der Waals surface area contributed by atoms with Gasteiger partial charge in [0, 0.05) is 0 Å². The average molecular weight is 228 g/mol. The fourth-order valence-electron chi connectivity index (χ4n) is 1.94. The first-order valence-corrected chi connectivity index (χ1v) is 5.81. The van der Waals surface area contributed by atoms with Gasteiger partial charge in [0.05, 0.1) is 6.04 Å². The Morgan fingerprint density at radius 3 is 2.81 bits per heavy atom. The molecule has 1 aliphatic heterocycles. The fraction of sp³-hybridized carbons (Fsp3) is 0.818. The molecule has 1 aliphatic rings. The summed E-state index contributed by atoms with van der Waals surface area (Å²) in [5.41, 5.74) is 0. The smallest absolute Gasteiger partial charge is 0.325 e. The van der Waals surface area contributed by atoms with Crippen molar-refractivity contribution in [1.82, 2.24) is 10.6 Å². The predicted molar refractivity (Wildman–Crippen MR) is 60.0 cm³/mol. The number of nitrogens with one attached hydrogen (secondary N) is 2. The monoisotopic (exact) mass is 228 g/mol. The number of carbonyl (C=O) groups excluding carboxylic acids is 1. The van der Waals surface area contributed by atoms with E-state index >= 15 is 0 Å². The van der Waals surface area contributed by atoms with Gasteiger partial charge in [-0.2, -0.15) is 0 Å². The lowest BCUT2D eigenvalue weighted by atomic mass is 9.90. The zero-order valence-corrected chi connectivity index (χ0v) is 9.82. The fourth-order valence-corrected chi connectivity index (χ4v) is 1.94. The molecule has 0 saturated carbocycles. The Morgan fingerprint density at radius 1 is 1.56 bits per heavy atom. The summed E-state index contributed by atoms with van der Waals surface area (Å²) in [5, 5.41) is 14.3. The number of carboxylic acids is 1. The Balaban J connectivity index is 2.44. The molecule has 92 valence electrons. The molecule has 0 spiro atoms. The lowest BCUT2D eigenvalue weighted by Gasteiger charge is -2.29.